The second-order valence-corrected chi connectivity index (χ2v) is 6.57. The Morgan fingerprint density at radius 2 is 1.80 bits per heavy atom. The quantitative estimate of drug-likeness (QED) is 0.780. The van der Waals surface area contributed by atoms with Crippen LogP contribution in [0.5, 0.6) is 17.2 Å². The van der Waals surface area contributed by atoms with E-state index in [9.17, 15) is 4.79 Å². The number of amides is 1. The highest BCUT2D eigenvalue weighted by Crippen LogP contribution is 2.40. The zero-order valence-corrected chi connectivity index (χ0v) is 16.0. The van der Waals surface area contributed by atoms with E-state index in [1.165, 1.54) is 11.3 Å². The highest BCUT2D eigenvalue weighted by atomic mass is 32.1. The summed E-state index contributed by atoms with van der Waals surface area (Å²) in [6, 6.07) is 7.44. The number of benzene rings is 1. The minimum Gasteiger partial charge on any atom is -0.493 e. The lowest BCUT2D eigenvalue weighted by atomic mass is 10.0. The molecule has 0 bridgehead atoms. The fourth-order valence-corrected chi connectivity index (χ4v) is 3.22. The summed E-state index contributed by atoms with van der Waals surface area (Å²) in [7, 11) is 8.68. The van der Waals surface area contributed by atoms with Crippen molar-refractivity contribution in [1.82, 2.24) is 10.2 Å². The largest absolute Gasteiger partial charge is 0.493 e. The smallest absolute Gasteiger partial charge is 0.261 e. The third-order valence-corrected chi connectivity index (χ3v) is 4.76. The Kier molecular flexibility index (Phi) is 6.66. The summed E-state index contributed by atoms with van der Waals surface area (Å²) >= 11 is 1.42. The molecule has 1 amide bonds. The maximum absolute atomic E-state index is 12.2. The SMILES string of the molecule is COc1cc(C(CNC(=O)c2cccs2)N(C)C)cc(OC)c1OC. The highest BCUT2D eigenvalue weighted by molar-refractivity contribution is 7.12. The van der Waals surface area contributed by atoms with E-state index >= 15 is 0 Å². The van der Waals surface area contributed by atoms with Crippen LogP contribution >= 0.6 is 11.3 Å². The van der Waals surface area contributed by atoms with Crippen molar-refractivity contribution in [2.75, 3.05) is 42.0 Å². The molecule has 1 N–H and O–H groups in total. The van der Waals surface area contributed by atoms with Gasteiger partial charge in [-0.15, -0.1) is 11.3 Å². The summed E-state index contributed by atoms with van der Waals surface area (Å²) < 4.78 is 16.2. The van der Waals surface area contributed by atoms with Crippen LogP contribution in [0.2, 0.25) is 0 Å². The number of rotatable bonds is 8. The van der Waals surface area contributed by atoms with E-state index in [0.717, 1.165) is 5.56 Å². The molecule has 136 valence electrons. The van der Waals surface area contributed by atoms with Crippen molar-refractivity contribution in [2.24, 2.45) is 0 Å². The van der Waals surface area contributed by atoms with Crippen molar-refractivity contribution in [1.29, 1.82) is 0 Å². The summed E-state index contributed by atoms with van der Waals surface area (Å²) in [5.74, 6) is 1.66. The van der Waals surface area contributed by atoms with Crippen LogP contribution in [0.25, 0.3) is 0 Å². The first-order chi connectivity index (χ1) is 12.0. The van der Waals surface area contributed by atoms with E-state index in [2.05, 4.69) is 5.32 Å². The van der Waals surface area contributed by atoms with Gasteiger partial charge in [0.2, 0.25) is 5.75 Å². The topological polar surface area (TPSA) is 60.0 Å². The lowest BCUT2D eigenvalue weighted by Gasteiger charge is -2.26. The Morgan fingerprint density at radius 1 is 1.16 bits per heavy atom. The molecule has 0 fully saturated rings. The van der Waals surface area contributed by atoms with Crippen LogP contribution in [-0.4, -0.2) is 52.8 Å². The molecule has 0 radical (unpaired) electrons. The van der Waals surface area contributed by atoms with Crippen molar-refractivity contribution in [3.63, 3.8) is 0 Å². The predicted octanol–water partition coefficient (Wildman–Crippen LogP) is 2.81. The summed E-state index contributed by atoms with van der Waals surface area (Å²) in [5, 5.41) is 4.87. The molecule has 0 aliphatic heterocycles. The van der Waals surface area contributed by atoms with Gasteiger partial charge in [-0.3, -0.25) is 4.79 Å². The molecular formula is C18H24N2O4S. The maximum atomic E-state index is 12.2. The van der Waals surface area contributed by atoms with Crippen LogP contribution in [0.3, 0.4) is 0 Å². The van der Waals surface area contributed by atoms with E-state index in [1.54, 1.807) is 21.3 Å². The first-order valence-corrected chi connectivity index (χ1v) is 8.67. The molecule has 25 heavy (non-hydrogen) atoms. The monoisotopic (exact) mass is 364 g/mol. The van der Waals surface area contributed by atoms with E-state index < -0.39 is 0 Å². The number of methoxy groups -OCH3 is 3. The van der Waals surface area contributed by atoms with Crippen LogP contribution in [0.4, 0.5) is 0 Å². The van der Waals surface area contributed by atoms with Crippen LogP contribution in [0.1, 0.15) is 21.3 Å². The second kappa shape index (κ2) is 8.73. The zero-order valence-electron chi connectivity index (χ0n) is 15.2. The lowest BCUT2D eigenvalue weighted by Crippen LogP contribution is -2.34. The van der Waals surface area contributed by atoms with Crippen molar-refractivity contribution in [3.8, 4) is 17.2 Å². The molecular weight excluding hydrogens is 340 g/mol. The Morgan fingerprint density at radius 3 is 2.24 bits per heavy atom. The first kappa shape index (κ1) is 19.1. The van der Waals surface area contributed by atoms with Crippen LogP contribution in [0.15, 0.2) is 29.6 Å². The maximum Gasteiger partial charge on any atom is 0.261 e. The summed E-state index contributed by atoms with van der Waals surface area (Å²) in [6.07, 6.45) is 0. The van der Waals surface area contributed by atoms with Gasteiger partial charge in [-0.25, -0.2) is 0 Å². The molecule has 0 aliphatic rings. The van der Waals surface area contributed by atoms with E-state index in [1.807, 2.05) is 48.6 Å². The van der Waals surface area contributed by atoms with E-state index in [4.69, 9.17) is 14.2 Å². The number of hydrogen-bond donors (Lipinski definition) is 1. The normalized spacial score (nSPS) is 11.9. The minimum atomic E-state index is -0.0747. The summed E-state index contributed by atoms with van der Waals surface area (Å²) in [5.41, 5.74) is 0.964. The van der Waals surface area contributed by atoms with Gasteiger partial charge in [-0.2, -0.15) is 0 Å². The highest BCUT2D eigenvalue weighted by Gasteiger charge is 2.21. The van der Waals surface area contributed by atoms with E-state index in [0.29, 0.717) is 28.7 Å². The molecule has 1 atom stereocenters. The minimum absolute atomic E-state index is 0.0439. The summed E-state index contributed by atoms with van der Waals surface area (Å²) in [6.45, 7) is 0.461. The van der Waals surface area contributed by atoms with Gasteiger partial charge >= 0.3 is 0 Å². The summed E-state index contributed by atoms with van der Waals surface area (Å²) in [4.78, 5) is 15.0. The Bertz CT molecular complexity index is 676. The van der Waals surface area contributed by atoms with Crippen molar-refractivity contribution in [2.45, 2.75) is 6.04 Å². The standard InChI is InChI=1S/C18H24N2O4S/c1-20(2)13(11-19-18(21)16-7-6-8-25-16)12-9-14(22-3)17(24-5)15(10-12)23-4/h6-10,13H,11H2,1-5H3,(H,19,21). The average molecular weight is 364 g/mol. The van der Waals surface area contributed by atoms with Gasteiger partial charge in [0.05, 0.1) is 32.2 Å². The number of thiophene rings is 1. The number of nitrogens with one attached hydrogen (secondary N) is 1. The number of hydrogen-bond acceptors (Lipinski definition) is 6. The Balaban J connectivity index is 2.26. The van der Waals surface area contributed by atoms with Crippen molar-refractivity contribution in [3.05, 3.63) is 40.1 Å². The van der Waals surface area contributed by atoms with Gasteiger partial charge in [-0.1, -0.05) is 6.07 Å². The van der Waals surface area contributed by atoms with Crippen LogP contribution in [-0.2, 0) is 0 Å². The van der Waals surface area contributed by atoms with Crippen LogP contribution < -0.4 is 19.5 Å². The van der Waals surface area contributed by atoms with Gasteiger partial charge in [-0.05, 0) is 43.2 Å². The molecule has 7 heteroatoms. The fraction of sp³-hybridized carbons (Fsp3) is 0.389. The Labute approximate surface area is 152 Å². The lowest BCUT2D eigenvalue weighted by molar-refractivity contribution is 0.0946. The fourth-order valence-electron chi connectivity index (χ4n) is 2.58. The molecule has 0 saturated carbocycles. The number of carbonyl (C=O) groups is 1. The number of carbonyl (C=O) groups excluding carboxylic acids is 1. The molecule has 1 unspecified atom stereocenters. The van der Waals surface area contributed by atoms with Gasteiger partial charge in [0, 0.05) is 6.54 Å². The molecule has 6 nitrogen and oxygen atoms in total. The molecule has 1 heterocycles. The van der Waals surface area contributed by atoms with Gasteiger partial charge < -0.3 is 24.4 Å². The third kappa shape index (κ3) is 4.43. The second-order valence-electron chi connectivity index (χ2n) is 5.63. The molecule has 1 aromatic carbocycles. The zero-order chi connectivity index (χ0) is 18.4. The third-order valence-electron chi connectivity index (χ3n) is 3.90. The number of ether oxygens (including phenoxy) is 3. The first-order valence-electron chi connectivity index (χ1n) is 7.79. The van der Waals surface area contributed by atoms with Crippen LogP contribution in [0, 0.1) is 0 Å². The average Bonchev–Trinajstić information content (AvgIpc) is 3.15. The van der Waals surface area contributed by atoms with Gasteiger partial charge in [0.1, 0.15) is 0 Å². The Hall–Kier alpha value is -2.25. The predicted molar refractivity (Wildman–Crippen MR) is 99.2 cm³/mol. The molecule has 0 saturated heterocycles. The molecule has 1 aromatic heterocycles. The molecule has 2 rings (SSSR count). The number of likely N-dealkylation sites (N-methyl/N-ethyl adjacent to an activating group) is 1. The van der Waals surface area contributed by atoms with E-state index in [-0.39, 0.29) is 11.9 Å². The van der Waals surface area contributed by atoms with Crippen molar-refractivity contribution >= 4 is 17.2 Å². The van der Waals surface area contributed by atoms with Gasteiger partial charge in [0.15, 0.2) is 11.5 Å². The van der Waals surface area contributed by atoms with Crippen molar-refractivity contribution < 1.29 is 19.0 Å². The molecule has 0 aliphatic carbocycles. The molecule has 0 spiro atoms. The van der Waals surface area contributed by atoms with Gasteiger partial charge in [0.25, 0.3) is 5.91 Å². The molecule has 2 aromatic rings. The number of nitrogens with zero attached hydrogens (tertiary/aromatic N) is 1.